The van der Waals surface area contributed by atoms with E-state index in [1.54, 1.807) is 0 Å². The summed E-state index contributed by atoms with van der Waals surface area (Å²) in [6.07, 6.45) is 18.9. The summed E-state index contributed by atoms with van der Waals surface area (Å²) in [7, 11) is -2.45. The molecule has 1 unspecified atom stereocenters. The van der Waals surface area contributed by atoms with Gasteiger partial charge in [-0.1, -0.05) is 170 Å². The molecule has 0 heterocycles. The van der Waals surface area contributed by atoms with E-state index in [0.29, 0.717) is 0 Å². The number of benzene rings is 3. The van der Waals surface area contributed by atoms with E-state index in [0.717, 1.165) is 51.6 Å². The summed E-state index contributed by atoms with van der Waals surface area (Å²) in [6, 6.07) is 30.8. The van der Waals surface area contributed by atoms with Gasteiger partial charge in [-0.2, -0.15) is 0 Å². The van der Waals surface area contributed by atoms with E-state index in [1.807, 2.05) is 6.08 Å². The molecule has 1 N–H and O–H groups in total. The predicted molar refractivity (Wildman–Crippen MR) is 189 cm³/mol. The zero-order valence-corrected chi connectivity index (χ0v) is 28.6. The minimum absolute atomic E-state index is 0.0212. The zero-order chi connectivity index (χ0) is 30.8. The van der Waals surface area contributed by atoms with Gasteiger partial charge in [0.2, 0.25) is 0 Å². The third-order valence-corrected chi connectivity index (χ3v) is 13.8. The molecule has 0 saturated heterocycles. The van der Waals surface area contributed by atoms with Crippen LogP contribution >= 0.6 is 0 Å². The van der Waals surface area contributed by atoms with Gasteiger partial charge in [0.05, 0.1) is 6.10 Å². The Labute approximate surface area is 264 Å². The van der Waals surface area contributed by atoms with Crippen molar-refractivity contribution in [1.82, 2.24) is 0 Å². The zero-order valence-electron chi connectivity index (χ0n) is 27.6. The van der Waals surface area contributed by atoms with Gasteiger partial charge >= 0.3 is 0 Å². The minimum atomic E-state index is -2.45. The minimum Gasteiger partial charge on any atom is -0.407 e. The van der Waals surface area contributed by atoms with Crippen molar-refractivity contribution in [2.45, 2.75) is 122 Å². The van der Waals surface area contributed by atoms with Gasteiger partial charge in [0.15, 0.2) is 0 Å². The standard InChI is InChI=1S/C40H58O2Si/c1-5-6-7-8-9-14-28-37(41)29-22-21-27-36-26-20-19-25-35(36)24-13-12-23-34-42-43(40(2,3)4,38-30-15-10-16-31-38)39-32-17-11-18-33-39/h10-11,15-20,22,25-26,29-33,37,41H,5-9,12-14,21,23-24,27-28,34H2,1-4H3. The van der Waals surface area contributed by atoms with Crippen LogP contribution in [0.15, 0.2) is 97.1 Å². The van der Waals surface area contributed by atoms with Crippen molar-refractivity contribution in [3.8, 4) is 0 Å². The van der Waals surface area contributed by atoms with Crippen LogP contribution in [0.3, 0.4) is 0 Å². The van der Waals surface area contributed by atoms with Crippen LogP contribution in [-0.4, -0.2) is 26.1 Å². The Morgan fingerprint density at radius 3 is 1.81 bits per heavy atom. The van der Waals surface area contributed by atoms with E-state index < -0.39 is 8.32 Å². The fraction of sp³-hybridized carbons (Fsp3) is 0.500. The first-order valence-corrected chi connectivity index (χ1v) is 19.0. The van der Waals surface area contributed by atoms with E-state index in [1.165, 1.54) is 60.0 Å². The van der Waals surface area contributed by atoms with Gasteiger partial charge in [-0.05, 0) is 65.1 Å². The highest BCUT2D eigenvalue weighted by Crippen LogP contribution is 2.36. The molecule has 234 valence electrons. The van der Waals surface area contributed by atoms with Crippen molar-refractivity contribution in [2.75, 3.05) is 6.61 Å². The van der Waals surface area contributed by atoms with Crippen LogP contribution in [0.4, 0.5) is 0 Å². The monoisotopic (exact) mass is 598 g/mol. The van der Waals surface area contributed by atoms with Crippen LogP contribution in [0.1, 0.15) is 109 Å². The van der Waals surface area contributed by atoms with Crippen molar-refractivity contribution in [3.63, 3.8) is 0 Å². The van der Waals surface area contributed by atoms with Crippen LogP contribution in [-0.2, 0) is 17.3 Å². The lowest BCUT2D eigenvalue weighted by molar-refractivity contribution is 0.207. The molecule has 0 bridgehead atoms. The van der Waals surface area contributed by atoms with Crippen molar-refractivity contribution in [2.24, 2.45) is 0 Å². The first-order valence-electron chi connectivity index (χ1n) is 17.0. The Kier molecular flexibility index (Phi) is 15.5. The Bertz CT molecular complexity index is 1130. The van der Waals surface area contributed by atoms with Crippen molar-refractivity contribution < 1.29 is 9.53 Å². The Morgan fingerprint density at radius 1 is 0.674 bits per heavy atom. The molecule has 0 aliphatic heterocycles. The molecule has 0 spiro atoms. The van der Waals surface area contributed by atoms with Gasteiger partial charge in [-0.3, -0.25) is 0 Å². The molecule has 43 heavy (non-hydrogen) atoms. The maximum absolute atomic E-state index is 10.3. The van der Waals surface area contributed by atoms with Crippen molar-refractivity contribution in [3.05, 3.63) is 108 Å². The highest BCUT2D eigenvalue weighted by Gasteiger charge is 2.49. The lowest BCUT2D eigenvalue weighted by Crippen LogP contribution is -2.66. The molecule has 0 aliphatic carbocycles. The summed E-state index contributed by atoms with van der Waals surface area (Å²) < 4.78 is 7.08. The summed E-state index contributed by atoms with van der Waals surface area (Å²) in [5, 5.41) is 13.0. The first-order chi connectivity index (χ1) is 20.9. The smallest absolute Gasteiger partial charge is 0.261 e. The summed E-state index contributed by atoms with van der Waals surface area (Å²) in [4.78, 5) is 0. The van der Waals surface area contributed by atoms with Crippen molar-refractivity contribution >= 4 is 18.7 Å². The average molecular weight is 599 g/mol. The quantitative estimate of drug-likeness (QED) is 0.0797. The summed E-state index contributed by atoms with van der Waals surface area (Å²) in [5.74, 6) is 0. The van der Waals surface area contributed by atoms with E-state index in [9.17, 15) is 5.11 Å². The molecule has 3 aromatic rings. The SMILES string of the molecule is CCCCCCCCC(O)C=CCCc1ccccc1CCCCCO[Si](c1ccccc1)(c1ccccc1)C(C)(C)C. The number of unbranched alkanes of at least 4 members (excludes halogenated alkanes) is 7. The lowest BCUT2D eigenvalue weighted by Gasteiger charge is -2.43. The number of aryl methyl sites for hydroxylation is 2. The van der Waals surface area contributed by atoms with Gasteiger partial charge in [-0.15, -0.1) is 0 Å². The predicted octanol–water partition coefficient (Wildman–Crippen LogP) is 9.58. The van der Waals surface area contributed by atoms with Crippen LogP contribution in [0.25, 0.3) is 0 Å². The Morgan fingerprint density at radius 2 is 1.21 bits per heavy atom. The van der Waals surface area contributed by atoms with E-state index in [2.05, 4.69) is 119 Å². The largest absolute Gasteiger partial charge is 0.407 e. The molecular weight excluding hydrogens is 541 g/mol. The molecule has 0 fully saturated rings. The number of hydrogen-bond acceptors (Lipinski definition) is 2. The van der Waals surface area contributed by atoms with Gasteiger partial charge in [0.1, 0.15) is 0 Å². The topological polar surface area (TPSA) is 29.5 Å². The number of allylic oxidation sites excluding steroid dienone is 1. The van der Waals surface area contributed by atoms with Gasteiger partial charge < -0.3 is 9.53 Å². The van der Waals surface area contributed by atoms with Crippen LogP contribution < -0.4 is 10.4 Å². The van der Waals surface area contributed by atoms with Crippen LogP contribution in [0, 0.1) is 0 Å². The molecule has 3 heteroatoms. The summed E-state index contributed by atoms with van der Waals surface area (Å²) in [5.41, 5.74) is 2.91. The summed E-state index contributed by atoms with van der Waals surface area (Å²) >= 11 is 0. The fourth-order valence-electron chi connectivity index (χ4n) is 6.35. The highest BCUT2D eigenvalue weighted by atomic mass is 28.4. The number of aliphatic hydroxyl groups is 1. The van der Waals surface area contributed by atoms with Gasteiger partial charge in [0, 0.05) is 6.61 Å². The van der Waals surface area contributed by atoms with Crippen LogP contribution in [0.2, 0.25) is 5.04 Å². The summed E-state index contributed by atoms with van der Waals surface area (Å²) in [6.45, 7) is 10.1. The second-order valence-electron chi connectivity index (χ2n) is 13.2. The number of aliphatic hydroxyl groups excluding tert-OH is 1. The van der Waals surface area contributed by atoms with E-state index in [-0.39, 0.29) is 11.1 Å². The second-order valence-corrected chi connectivity index (χ2v) is 17.5. The lowest BCUT2D eigenvalue weighted by atomic mass is 9.98. The molecule has 0 aliphatic rings. The van der Waals surface area contributed by atoms with Gasteiger partial charge in [-0.25, -0.2) is 0 Å². The molecule has 0 aromatic heterocycles. The molecule has 0 radical (unpaired) electrons. The van der Waals surface area contributed by atoms with E-state index in [4.69, 9.17) is 4.43 Å². The molecule has 0 saturated carbocycles. The van der Waals surface area contributed by atoms with E-state index >= 15 is 0 Å². The molecule has 1 atom stereocenters. The average Bonchev–Trinajstić information content (AvgIpc) is 3.01. The Balaban J connectivity index is 1.47. The Hall–Kier alpha value is -2.46. The molecule has 0 amide bonds. The van der Waals surface area contributed by atoms with Crippen molar-refractivity contribution in [1.29, 1.82) is 0 Å². The fourth-order valence-corrected chi connectivity index (χ4v) is 11.0. The number of hydrogen-bond donors (Lipinski definition) is 1. The third-order valence-electron chi connectivity index (χ3n) is 8.74. The second kappa shape index (κ2) is 19.0. The number of rotatable bonds is 20. The molecule has 2 nitrogen and oxygen atoms in total. The normalized spacial score (nSPS) is 13.0. The van der Waals surface area contributed by atoms with Crippen LogP contribution in [0.5, 0.6) is 0 Å². The maximum atomic E-state index is 10.3. The molecular formula is C40H58O2Si. The third kappa shape index (κ3) is 11.2. The highest BCUT2D eigenvalue weighted by molar-refractivity contribution is 6.99. The molecule has 3 aromatic carbocycles. The maximum Gasteiger partial charge on any atom is 0.261 e. The molecule has 3 rings (SSSR count). The first kappa shape index (κ1) is 35.0. The van der Waals surface area contributed by atoms with Gasteiger partial charge in [0.25, 0.3) is 8.32 Å².